The van der Waals surface area contributed by atoms with Gasteiger partial charge in [-0.3, -0.25) is 4.79 Å². The Labute approximate surface area is 127 Å². The van der Waals surface area contributed by atoms with Crippen LogP contribution in [0.1, 0.15) is 34.3 Å². The lowest BCUT2D eigenvalue weighted by atomic mass is 9.98. The highest BCUT2D eigenvalue weighted by Gasteiger charge is 2.19. The van der Waals surface area contributed by atoms with Crippen molar-refractivity contribution in [2.45, 2.75) is 19.3 Å². The molecule has 2 heteroatoms. The molecule has 0 saturated heterocycles. The third kappa shape index (κ3) is 2.61. The second-order valence-electron chi connectivity index (χ2n) is 5.03. The Hall–Kier alpha value is -1.67. The molecule has 0 amide bonds. The van der Waals surface area contributed by atoms with E-state index in [1.807, 2.05) is 48.5 Å². The highest BCUT2D eigenvalue weighted by molar-refractivity contribution is 9.10. The number of rotatable bonds is 1. The topological polar surface area (TPSA) is 17.1 Å². The van der Waals surface area contributed by atoms with E-state index < -0.39 is 0 Å². The second kappa shape index (κ2) is 5.76. The molecule has 100 valence electrons. The first-order valence-electron chi connectivity index (χ1n) is 6.83. The predicted octanol–water partition coefficient (Wildman–Crippen LogP) is 5.05. The van der Waals surface area contributed by atoms with E-state index in [1.165, 1.54) is 5.56 Å². The Morgan fingerprint density at radius 1 is 0.950 bits per heavy atom. The van der Waals surface area contributed by atoms with Crippen LogP contribution in [0.25, 0.3) is 6.08 Å². The fraction of sp³-hybridized carbons (Fsp3) is 0.167. The third-order valence-electron chi connectivity index (χ3n) is 3.68. The lowest BCUT2D eigenvalue weighted by Gasteiger charge is -2.05. The summed E-state index contributed by atoms with van der Waals surface area (Å²) in [6.07, 6.45) is 4.87. The fourth-order valence-corrected chi connectivity index (χ4v) is 3.03. The van der Waals surface area contributed by atoms with Crippen molar-refractivity contribution in [3.63, 3.8) is 0 Å². The van der Waals surface area contributed by atoms with E-state index in [4.69, 9.17) is 0 Å². The van der Waals surface area contributed by atoms with Crippen LogP contribution < -0.4 is 0 Å². The van der Waals surface area contributed by atoms with Gasteiger partial charge in [-0.05, 0) is 42.5 Å². The maximum Gasteiger partial charge on any atom is 0.189 e. The Morgan fingerprint density at radius 2 is 1.70 bits per heavy atom. The van der Waals surface area contributed by atoms with Gasteiger partial charge in [0.1, 0.15) is 0 Å². The minimum absolute atomic E-state index is 0.175. The van der Waals surface area contributed by atoms with Crippen LogP contribution in [-0.4, -0.2) is 5.78 Å². The van der Waals surface area contributed by atoms with E-state index in [2.05, 4.69) is 22.0 Å². The number of carbonyl (C=O) groups is 1. The smallest absolute Gasteiger partial charge is 0.189 e. The summed E-state index contributed by atoms with van der Waals surface area (Å²) in [6.45, 7) is 0. The summed E-state index contributed by atoms with van der Waals surface area (Å²) in [4.78, 5) is 12.7. The van der Waals surface area contributed by atoms with E-state index in [9.17, 15) is 4.79 Å². The first-order valence-corrected chi connectivity index (χ1v) is 7.63. The minimum atomic E-state index is 0.175. The standard InChI is InChI=1S/C18H15BrO/c19-17-11-4-2-7-14(17)12-15-9-5-8-13-6-1-3-10-16(13)18(15)20/h1-4,6-7,10-12H,5,8-9H2/b15-12+. The quantitative estimate of drug-likeness (QED) is 0.529. The Balaban J connectivity index is 2.03. The molecule has 0 unspecified atom stereocenters. The molecular formula is C18H15BrO. The summed E-state index contributed by atoms with van der Waals surface area (Å²) in [6, 6.07) is 16.0. The van der Waals surface area contributed by atoms with Gasteiger partial charge in [0, 0.05) is 15.6 Å². The summed E-state index contributed by atoms with van der Waals surface area (Å²) >= 11 is 3.54. The van der Waals surface area contributed by atoms with Gasteiger partial charge in [0.15, 0.2) is 5.78 Å². The SMILES string of the molecule is O=C1/C(=C/c2ccccc2Br)CCCc2ccccc21. The number of hydrogen-bond acceptors (Lipinski definition) is 1. The van der Waals surface area contributed by atoms with E-state index in [0.717, 1.165) is 40.4 Å². The molecule has 0 atom stereocenters. The molecule has 2 aromatic rings. The van der Waals surface area contributed by atoms with E-state index in [0.29, 0.717) is 0 Å². The van der Waals surface area contributed by atoms with Gasteiger partial charge >= 0.3 is 0 Å². The van der Waals surface area contributed by atoms with Crippen LogP contribution in [0, 0.1) is 0 Å². The van der Waals surface area contributed by atoms with Crippen molar-refractivity contribution in [1.29, 1.82) is 0 Å². The number of hydrogen-bond donors (Lipinski definition) is 0. The van der Waals surface area contributed by atoms with Crippen molar-refractivity contribution in [3.8, 4) is 0 Å². The Morgan fingerprint density at radius 3 is 2.55 bits per heavy atom. The number of aryl methyl sites for hydroxylation is 1. The molecule has 0 spiro atoms. The molecule has 2 aromatic carbocycles. The van der Waals surface area contributed by atoms with Gasteiger partial charge in [0.25, 0.3) is 0 Å². The zero-order valence-electron chi connectivity index (χ0n) is 11.1. The highest BCUT2D eigenvalue weighted by Crippen LogP contribution is 2.27. The average Bonchev–Trinajstić information content (AvgIpc) is 2.62. The lowest BCUT2D eigenvalue weighted by molar-refractivity contribution is 0.103. The molecule has 20 heavy (non-hydrogen) atoms. The first-order chi connectivity index (χ1) is 9.75. The maximum atomic E-state index is 12.7. The number of benzene rings is 2. The van der Waals surface area contributed by atoms with Crippen molar-refractivity contribution in [2.24, 2.45) is 0 Å². The van der Waals surface area contributed by atoms with Crippen LogP contribution in [0.4, 0.5) is 0 Å². The van der Waals surface area contributed by atoms with E-state index in [-0.39, 0.29) is 5.78 Å². The predicted molar refractivity (Wildman–Crippen MR) is 85.8 cm³/mol. The van der Waals surface area contributed by atoms with Crippen molar-refractivity contribution >= 4 is 27.8 Å². The van der Waals surface area contributed by atoms with Gasteiger partial charge in [0.05, 0.1) is 0 Å². The normalized spacial score (nSPS) is 16.9. The molecule has 0 heterocycles. The monoisotopic (exact) mass is 326 g/mol. The van der Waals surface area contributed by atoms with Gasteiger partial charge in [0.2, 0.25) is 0 Å². The molecule has 0 aromatic heterocycles. The molecule has 1 nitrogen and oxygen atoms in total. The van der Waals surface area contributed by atoms with Crippen LogP contribution in [0.15, 0.2) is 58.6 Å². The zero-order valence-corrected chi connectivity index (χ0v) is 12.7. The van der Waals surface area contributed by atoms with Gasteiger partial charge < -0.3 is 0 Å². The van der Waals surface area contributed by atoms with E-state index in [1.54, 1.807) is 0 Å². The summed E-state index contributed by atoms with van der Waals surface area (Å²) < 4.78 is 1.03. The van der Waals surface area contributed by atoms with Gasteiger partial charge in [-0.1, -0.05) is 58.4 Å². The number of allylic oxidation sites excluding steroid dienone is 1. The summed E-state index contributed by atoms with van der Waals surface area (Å²) in [5.41, 5.74) is 4.01. The number of Topliss-reactive ketones (excluding diaryl/α,β-unsaturated/α-hetero) is 1. The fourth-order valence-electron chi connectivity index (χ4n) is 2.63. The van der Waals surface area contributed by atoms with Crippen LogP contribution in [0.5, 0.6) is 0 Å². The lowest BCUT2D eigenvalue weighted by Crippen LogP contribution is -2.03. The molecule has 0 saturated carbocycles. The molecule has 0 fully saturated rings. The number of fused-ring (bicyclic) bond motifs is 1. The highest BCUT2D eigenvalue weighted by atomic mass is 79.9. The van der Waals surface area contributed by atoms with Crippen LogP contribution in [0.3, 0.4) is 0 Å². The van der Waals surface area contributed by atoms with Crippen LogP contribution in [0.2, 0.25) is 0 Å². The van der Waals surface area contributed by atoms with Gasteiger partial charge in [-0.15, -0.1) is 0 Å². The number of halogens is 1. The van der Waals surface area contributed by atoms with Crippen molar-refractivity contribution in [3.05, 3.63) is 75.3 Å². The molecule has 0 radical (unpaired) electrons. The van der Waals surface area contributed by atoms with Crippen molar-refractivity contribution in [2.75, 3.05) is 0 Å². The van der Waals surface area contributed by atoms with Gasteiger partial charge in [-0.2, -0.15) is 0 Å². The molecule has 0 N–H and O–H groups in total. The van der Waals surface area contributed by atoms with Crippen LogP contribution in [-0.2, 0) is 6.42 Å². The third-order valence-corrected chi connectivity index (χ3v) is 4.40. The summed E-state index contributed by atoms with van der Waals surface area (Å²) in [5.74, 6) is 0.175. The molecular weight excluding hydrogens is 312 g/mol. The largest absolute Gasteiger partial charge is 0.289 e. The summed E-state index contributed by atoms with van der Waals surface area (Å²) in [7, 11) is 0. The second-order valence-corrected chi connectivity index (χ2v) is 5.89. The van der Waals surface area contributed by atoms with Crippen molar-refractivity contribution in [1.82, 2.24) is 0 Å². The van der Waals surface area contributed by atoms with E-state index >= 15 is 0 Å². The molecule has 3 rings (SSSR count). The molecule has 0 aliphatic heterocycles. The Kier molecular flexibility index (Phi) is 3.83. The maximum absolute atomic E-state index is 12.7. The summed E-state index contributed by atoms with van der Waals surface area (Å²) in [5, 5.41) is 0. The number of ketones is 1. The van der Waals surface area contributed by atoms with Gasteiger partial charge in [-0.25, -0.2) is 0 Å². The molecule has 1 aliphatic rings. The first kappa shape index (κ1) is 13.3. The number of carbonyl (C=O) groups excluding carboxylic acids is 1. The Bertz CT molecular complexity index is 685. The molecule has 0 bridgehead atoms. The zero-order chi connectivity index (χ0) is 13.9. The van der Waals surface area contributed by atoms with Crippen molar-refractivity contribution < 1.29 is 4.79 Å². The molecule has 1 aliphatic carbocycles. The minimum Gasteiger partial charge on any atom is -0.289 e. The average molecular weight is 327 g/mol. The van der Waals surface area contributed by atoms with Crippen LogP contribution >= 0.6 is 15.9 Å².